The Balaban J connectivity index is 1.76. The largest absolute Gasteiger partial charge is 0.269 e. The number of nitrogens with zero attached hydrogens (tertiary/aromatic N) is 1. The minimum absolute atomic E-state index is 0.0222. The Morgan fingerprint density at radius 3 is 2.35 bits per heavy atom. The van der Waals surface area contributed by atoms with E-state index >= 15 is 0 Å². The fraction of sp³-hybridized carbons (Fsp3) is 0.538. The van der Waals surface area contributed by atoms with E-state index in [0.717, 1.165) is 19.3 Å². The van der Waals surface area contributed by atoms with E-state index in [1.807, 2.05) is 0 Å². The number of sulfonamides is 1. The number of fused-ring (bicyclic) bond motifs is 2. The van der Waals surface area contributed by atoms with Gasteiger partial charge in [-0.15, -0.1) is 0 Å². The lowest BCUT2D eigenvalue weighted by Crippen LogP contribution is -2.38. The molecule has 108 valence electrons. The fourth-order valence-electron chi connectivity index (χ4n) is 3.40. The molecule has 0 radical (unpaired) electrons. The normalized spacial score (nSPS) is 28.7. The SMILES string of the molecule is O=[N+]([O-])c1ccc(S(=O)(=O)N[C@@H]2C[C@@H]3CC[C@@H]2C3)cc1. The number of nitrogens with one attached hydrogen (secondary N) is 1. The minimum Gasteiger partial charge on any atom is -0.258 e. The van der Waals surface area contributed by atoms with Crippen molar-refractivity contribution in [3.8, 4) is 0 Å². The molecule has 0 unspecified atom stereocenters. The molecule has 0 heterocycles. The molecule has 2 saturated carbocycles. The number of hydrogen-bond acceptors (Lipinski definition) is 4. The van der Waals surface area contributed by atoms with Crippen molar-refractivity contribution in [2.24, 2.45) is 11.8 Å². The van der Waals surface area contributed by atoms with Gasteiger partial charge in [0.2, 0.25) is 10.0 Å². The van der Waals surface area contributed by atoms with Gasteiger partial charge in [0, 0.05) is 18.2 Å². The van der Waals surface area contributed by atoms with Crippen LogP contribution in [0.5, 0.6) is 0 Å². The van der Waals surface area contributed by atoms with Gasteiger partial charge in [0.15, 0.2) is 0 Å². The number of hydrogen-bond donors (Lipinski definition) is 1. The van der Waals surface area contributed by atoms with Crippen molar-refractivity contribution in [3.63, 3.8) is 0 Å². The van der Waals surface area contributed by atoms with Crippen LogP contribution in [0, 0.1) is 22.0 Å². The molecule has 2 aliphatic rings. The zero-order valence-electron chi connectivity index (χ0n) is 10.9. The average molecular weight is 296 g/mol. The molecule has 1 aromatic rings. The standard InChI is InChI=1S/C13H16N2O4S/c16-15(17)11-3-5-12(6-4-11)20(18,19)14-13-8-9-1-2-10(13)7-9/h3-6,9-10,13-14H,1-2,7-8H2/t9-,10-,13-/m1/s1. The van der Waals surface area contributed by atoms with E-state index in [4.69, 9.17) is 0 Å². The third kappa shape index (κ3) is 2.43. The van der Waals surface area contributed by atoms with Gasteiger partial charge in [-0.3, -0.25) is 10.1 Å². The Morgan fingerprint density at radius 2 is 1.85 bits per heavy atom. The van der Waals surface area contributed by atoms with Crippen LogP contribution < -0.4 is 4.72 Å². The highest BCUT2D eigenvalue weighted by Gasteiger charge is 2.41. The smallest absolute Gasteiger partial charge is 0.258 e. The third-order valence-electron chi connectivity index (χ3n) is 4.40. The Morgan fingerprint density at radius 1 is 1.15 bits per heavy atom. The molecule has 1 aromatic carbocycles. The van der Waals surface area contributed by atoms with Crippen LogP contribution in [0.3, 0.4) is 0 Å². The van der Waals surface area contributed by atoms with Crippen LogP contribution in [0.15, 0.2) is 29.2 Å². The number of nitro benzene ring substituents is 1. The van der Waals surface area contributed by atoms with Crippen LogP contribution in [0.1, 0.15) is 25.7 Å². The zero-order chi connectivity index (χ0) is 14.3. The van der Waals surface area contributed by atoms with Gasteiger partial charge in [0.05, 0.1) is 9.82 Å². The van der Waals surface area contributed by atoms with Crippen LogP contribution in [-0.2, 0) is 10.0 Å². The second-order valence-corrected chi connectivity index (χ2v) is 7.37. The summed E-state index contributed by atoms with van der Waals surface area (Å²) in [6.45, 7) is 0. The molecule has 0 saturated heterocycles. The summed E-state index contributed by atoms with van der Waals surface area (Å²) in [5, 5.41) is 10.6. The van der Waals surface area contributed by atoms with Gasteiger partial charge in [-0.05, 0) is 43.2 Å². The lowest BCUT2D eigenvalue weighted by atomic mass is 9.96. The maximum absolute atomic E-state index is 12.3. The van der Waals surface area contributed by atoms with Crippen molar-refractivity contribution in [2.45, 2.75) is 36.6 Å². The Kier molecular flexibility index (Phi) is 3.25. The second kappa shape index (κ2) is 4.82. The first-order chi connectivity index (χ1) is 9.45. The molecule has 0 amide bonds. The topological polar surface area (TPSA) is 89.3 Å². The molecule has 2 aliphatic carbocycles. The molecule has 0 spiro atoms. The second-order valence-electron chi connectivity index (χ2n) is 5.65. The van der Waals surface area contributed by atoms with Gasteiger partial charge in [0.25, 0.3) is 5.69 Å². The van der Waals surface area contributed by atoms with Gasteiger partial charge >= 0.3 is 0 Å². The Bertz CT molecular complexity index is 626. The predicted molar refractivity (Wildman–Crippen MR) is 72.7 cm³/mol. The minimum atomic E-state index is -3.58. The fourth-order valence-corrected chi connectivity index (χ4v) is 4.72. The third-order valence-corrected chi connectivity index (χ3v) is 5.91. The first kappa shape index (κ1) is 13.5. The van der Waals surface area contributed by atoms with Crippen molar-refractivity contribution in [2.75, 3.05) is 0 Å². The number of nitro groups is 1. The highest BCUT2D eigenvalue weighted by Crippen LogP contribution is 2.44. The van der Waals surface area contributed by atoms with Crippen molar-refractivity contribution in [3.05, 3.63) is 34.4 Å². The highest BCUT2D eigenvalue weighted by atomic mass is 32.2. The molecular weight excluding hydrogens is 280 g/mol. The van der Waals surface area contributed by atoms with Crippen molar-refractivity contribution in [1.82, 2.24) is 4.72 Å². The van der Waals surface area contributed by atoms with Crippen LogP contribution in [0.4, 0.5) is 5.69 Å². The van der Waals surface area contributed by atoms with Crippen molar-refractivity contribution in [1.29, 1.82) is 0 Å². The molecule has 20 heavy (non-hydrogen) atoms. The summed E-state index contributed by atoms with van der Waals surface area (Å²) >= 11 is 0. The average Bonchev–Trinajstić information content (AvgIpc) is 3.00. The number of non-ortho nitro benzene ring substituents is 1. The molecule has 3 rings (SSSR count). The maximum atomic E-state index is 12.3. The van der Waals surface area contributed by atoms with E-state index in [0.29, 0.717) is 11.8 Å². The summed E-state index contributed by atoms with van der Waals surface area (Å²) in [4.78, 5) is 10.1. The van der Waals surface area contributed by atoms with Crippen LogP contribution >= 0.6 is 0 Å². The summed E-state index contributed by atoms with van der Waals surface area (Å²) in [6.07, 6.45) is 4.34. The number of rotatable bonds is 4. The van der Waals surface area contributed by atoms with Gasteiger partial charge in [-0.1, -0.05) is 6.42 Å². The summed E-state index contributed by atoms with van der Waals surface area (Å²) in [5.41, 5.74) is -0.108. The summed E-state index contributed by atoms with van der Waals surface area (Å²) in [7, 11) is -3.58. The molecule has 1 N–H and O–H groups in total. The maximum Gasteiger partial charge on any atom is 0.269 e. The Labute approximate surface area is 117 Å². The van der Waals surface area contributed by atoms with E-state index in [2.05, 4.69) is 4.72 Å². The molecule has 6 nitrogen and oxygen atoms in total. The van der Waals surface area contributed by atoms with Crippen molar-refractivity contribution >= 4 is 15.7 Å². The van der Waals surface area contributed by atoms with Gasteiger partial charge in [-0.2, -0.15) is 0 Å². The molecular formula is C13H16N2O4S. The molecule has 0 aromatic heterocycles. The van der Waals surface area contributed by atoms with Gasteiger partial charge in [0.1, 0.15) is 0 Å². The van der Waals surface area contributed by atoms with E-state index in [9.17, 15) is 18.5 Å². The lowest BCUT2D eigenvalue weighted by molar-refractivity contribution is -0.384. The van der Waals surface area contributed by atoms with Gasteiger partial charge < -0.3 is 0 Å². The van der Waals surface area contributed by atoms with Crippen LogP contribution in [0.2, 0.25) is 0 Å². The monoisotopic (exact) mass is 296 g/mol. The summed E-state index contributed by atoms with van der Waals surface area (Å²) in [5.74, 6) is 1.11. The quantitative estimate of drug-likeness (QED) is 0.680. The molecule has 3 atom stereocenters. The van der Waals surface area contributed by atoms with E-state index < -0.39 is 14.9 Å². The highest BCUT2D eigenvalue weighted by molar-refractivity contribution is 7.89. The van der Waals surface area contributed by atoms with E-state index in [-0.39, 0.29) is 16.6 Å². The molecule has 2 fully saturated rings. The van der Waals surface area contributed by atoms with Gasteiger partial charge in [-0.25, -0.2) is 13.1 Å². The van der Waals surface area contributed by atoms with E-state index in [1.165, 1.54) is 30.7 Å². The molecule has 0 aliphatic heterocycles. The number of benzene rings is 1. The van der Waals surface area contributed by atoms with Crippen molar-refractivity contribution < 1.29 is 13.3 Å². The molecule has 2 bridgehead atoms. The first-order valence-corrected chi connectivity index (χ1v) is 8.21. The zero-order valence-corrected chi connectivity index (χ0v) is 11.7. The molecule has 7 heteroatoms. The Hall–Kier alpha value is -1.47. The summed E-state index contributed by atoms with van der Waals surface area (Å²) < 4.78 is 27.3. The van der Waals surface area contributed by atoms with Crippen LogP contribution in [-0.4, -0.2) is 19.4 Å². The van der Waals surface area contributed by atoms with E-state index in [1.54, 1.807) is 0 Å². The predicted octanol–water partition coefficient (Wildman–Crippen LogP) is 2.06. The first-order valence-electron chi connectivity index (χ1n) is 6.72. The van der Waals surface area contributed by atoms with Crippen LogP contribution in [0.25, 0.3) is 0 Å². The lowest BCUT2D eigenvalue weighted by Gasteiger charge is -2.22. The summed E-state index contributed by atoms with van der Waals surface area (Å²) in [6, 6.07) is 5.03.